The molecule has 0 radical (unpaired) electrons. The molecule has 3 aliphatic rings. The van der Waals surface area contributed by atoms with Crippen LogP contribution in [0.5, 0.6) is 0 Å². The van der Waals surface area contributed by atoms with E-state index in [9.17, 15) is 14.7 Å². The number of likely N-dealkylation sites (tertiary alicyclic amines) is 1. The summed E-state index contributed by atoms with van der Waals surface area (Å²) < 4.78 is 0. The number of aliphatic hydroxyl groups excluding tert-OH is 1. The molecule has 150 valence electrons. The van der Waals surface area contributed by atoms with Gasteiger partial charge in [0, 0.05) is 25.0 Å². The largest absolute Gasteiger partial charge is 0.396 e. The zero-order valence-electron chi connectivity index (χ0n) is 16.6. The van der Waals surface area contributed by atoms with Crippen LogP contribution in [0.15, 0.2) is 17.1 Å². The van der Waals surface area contributed by atoms with Crippen LogP contribution in [-0.2, 0) is 9.59 Å². The number of allylic oxidation sites excluding steroid dienone is 2. The average molecular weight is 377 g/mol. The van der Waals surface area contributed by atoms with E-state index in [4.69, 9.17) is 0 Å². The summed E-state index contributed by atoms with van der Waals surface area (Å²) in [4.78, 5) is 31.4. The van der Waals surface area contributed by atoms with Crippen LogP contribution in [0.25, 0.3) is 0 Å². The van der Waals surface area contributed by atoms with Crippen LogP contribution in [0.3, 0.4) is 0 Å². The highest BCUT2D eigenvalue weighted by molar-refractivity contribution is 6.06. The second-order valence-electron chi connectivity index (χ2n) is 8.27. The van der Waals surface area contributed by atoms with Gasteiger partial charge in [0.05, 0.1) is 25.0 Å². The molecule has 0 spiro atoms. The molecule has 2 fully saturated rings. The van der Waals surface area contributed by atoms with Crippen LogP contribution in [0.1, 0.15) is 33.6 Å². The van der Waals surface area contributed by atoms with Gasteiger partial charge in [-0.2, -0.15) is 0 Å². The first-order chi connectivity index (χ1) is 12.9. The Bertz CT molecular complexity index is 611. The van der Waals surface area contributed by atoms with Crippen LogP contribution in [-0.4, -0.2) is 60.6 Å². The van der Waals surface area contributed by atoms with Crippen molar-refractivity contribution < 1.29 is 14.7 Å². The molecule has 1 saturated carbocycles. The van der Waals surface area contributed by atoms with E-state index in [1.807, 2.05) is 20.8 Å². The van der Waals surface area contributed by atoms with E-state index in [0.717, 1.165) is 12.8 Å². The summed E-state index contributed by atoms with van der Waals surface area (Å²) >= 11 is 0. The van der Waals surface area contributed by atoms with Crippen LogP contribution < -0.4 is 10.6 Å². The summed E-state index contributed by atoms with van der Waals surface area (Å²) in [6, 6.07) is 0. The van der Waals surface area contributed by atoms with E-state index in [1.165, 1.54) is 4.90 Å². The van der Waals surface area contributed by atoms with Crippen molar-refractivity contribution in [3.05, 3.63) is 12.2 Å². The molecular weight excluding hydrogens is 344 g/mol. The molecule has 3 N–H and O–H groups in total. The molecule has 27 heavy (non-hydrogen) atoms. The van der Waals surface area contributed by atoms with Gasteiger partial charge in [0.1, 0.15) is 0 Å². The molecular formula is C20H32N4O3. The minimum Gasteiger partial charge on any atom is -0.396 e. The minimum absolute atomic E-state index is 0.00979. The maximum absolute atomic E-state index is 12.7. The third-order valence-corrected chi connectivity index (χ3v) is 6.39. The van der Waals surface area contributed by atoms with Gasteiger partial charge >= 0.3 is 0 Å². The smallest absolute Gasteiger partial charge is 0.233 e. The Morgan fingerprint density at radius 2 is 1.85 bits per heavy atom. The Balaban J connectivity index is 1.55. The minimum atomic E-state index is -0.243. The highest BCUT2D eigenvalue weighted by Gasteiger charge is 2.58. The van der Waals surface area contributed by atoms with Gasteiger partial charge in [0.25, 0.3) is 0 Å². The number of guanidine groups is 1. The molecule has 2 bridgehead atoms. The number of fused-ring (bicyclic) bond motifs is 5. The van der Waals surface area contributed by atoms with Gasteiger partial charge in [0.15, 0.2) is 5.96 Å². The fourth-order valence-corrected chi connectivity index (χ4v) is 4.36. The van der Waals surface area contributed by atoms with E-state index >= 15 is 0 Å². The van der Waals surface area contributed by atoms with E-state index in [0.29, 0.717) is 32.1 Å². The number of rotatable bonds is 8. The SMILES string of the molecule is CCNC(=NCC(C)(CC)CO)NCCN1C(=O)C2C3C=CC(C3)C2C1=O. The highest BCUT2D eigenvalue weighted by Crippen LogP contribution is 2.52. The number of nitrogens with one attached hydrogen (secondary N) is 2. The predicted octanol–water partition coefficient (Wildman–Crippen LogP) is 0.757. The fourth-order valence-electron chi connectivity index (χ4n) is 4.36. The summed E-state index contributed by atoms with van der Waals surface area (Å²) in [5, 5.41) is 15.9. The molecule has 3 rings (SSSR count). The number of hydrogen-bond donors (Lipinski definition) is 3. The molecule has 2 aliphatic carbocycles. The van der Waals surface area contributed by atoms with Crippen LogP contribution in [0.4, 0.5) is 0 Å². The molecule has 7 nitrogen and oxygen atoms in total. The van der Waals surface area contributed by atoms with E-state index in [-0.39, 0.29) is 47.5 Å². The van der Waals surface area contributed by atoms with Gasteiger partial charge in [0.2, 0.25) is 11.8 Å². The fraction of sp³-hybridized carbons (Fsp3) is 0.750. The zero-order chi connectivity index (χ0) is 19.6. The maximum Gasteiger partial charge on any atom is 0.233 e. The number of aliphatic imine (C=N–C) groups is 1. The number of carbonyl (C=O) groups is 2. The number of imide groups is 1. The molecule has 0 aromatic carbocycles. The topological polar surface area (TPSA) is 94.0 Å². The van der Waals surface area contributed by atoms with Gasteiger partial charge in [-0.3, -0.25) is 19.5 Å². The van der Waals surface area contributed by atoms with Crippen molar-refractivity contribution in [1.29, 1.82) is 0 Å². The molecule has 1 heterocycles. The van der Waals surface area contributed by atoms with Gasteiger partial charge in [-0.05, 0) is 31.6 Å². The molecule has 7 heteroatoms. The maximum atomic E-state index is 12.7. The normalized spacial score (nSPS) is 31.4. The molecule has 1 aliphatic heterocycles. The molecule has 5 unspecified atom stereocenters. The lowest BCUT2D eigenvalue weighted by atomic mass is 9.85. The zero-order valence-corrected chi connectivity index (χ0v) is 16.6. The number of nitrogens with zero attached hydrogens (tertiary/aromatic N) is 2. The first kappa shape index (κ1) is 19.9. The Labute approximate surface area is 161 Å². The molecule has 0 aromatic heterocycles. The van der Waals surface area contributed by atoms with E-state index < -0.39 is 0 Å². The number of hydrogen-bond acceptors (Lipinski definition) is 4. The molecule has 0 aromatic rings. The van der Waals surface area contributed by atoms with Crippen molar-refractivity contribution in [2.75, 3.05) is 32.8 Å². The standard InChI is InChI=1S/C20H32N4O3/c1-4-20(3,12-25)11-23-19(21-5-2)22-8-9-24-17(26)15-13-6-7-14(10-13)16(15)18(24)27/h6-7,13-16,25H,4-5,8-12H2,1-3H3,(H2,21,22,23). The summed E-state index contributed by atoms with van der Waals surface area (Å²) in [5.41, 5.74) is -0.243. The average Bonchev–Trinajstić information content (AvgIpc) is 3.35. The Morgan fingerprint density at radius 3 is 2.37 bits per heavy atom. The van der Waals surface area contributed by atoms with Crippen molar-refractivity contribution in [2.24, 2.45) is 34.1 Å². The van der Waals surface area contributed by atoms with Crippen molar-refractivity contribution >= 4 is 17.8 Å². The Hall–Kier alpha value is -1.89. The predicted molar refractivity (Wildman–Crippen MR) is 104 cm³/mol. The number of carbonyl (C=O) groups excluding carboxylic acids is 2. The van der Waals surface area contributed by atoms with Gasteiger partial charge < -0.3 is 15.7 Å². The highest BCUT2D eigenvalue weighted by atomic mass is 16.3. The monoisotopic (exact) mass is 376 g/mol. The van der Waals surface area contributed by atoms with E-state index in [1.54, 1.807) is 0 Å². The van der Waals surface area contributed by atoms with Crippen molar-refractivity contribution in [3.8, 4) is 0 Å². The number of amides is 2. The van der Waals surface area contributed by atoms with Gasteiger partial charge in [-0.15, -0.1) is 0 Å². The summed E-state index contributed by atoms with van der Waals surface area (Å²) in [6.45, 7) is 8.16. The Morgan fingerprint density at radius 1 is 1.22 bits per heavy atom. The molecule has 5 atom stereocenters. The van der Waals surface area contributed by atoms with Crippen LogP contribution in [0.2, 0.25) is 0 Å². The second-order valence-corrected chi connectivity index (χ2v) is 8.27. The third kappa shape index (κ3) is 3.74. The Kier molecular flexibility index (Phi) is 5.89. The first-order valence-electron chi connectivity index (χ1n) is 10.1. The lowest BCUT2D eigenvalue weighted by molar-refractivity contribution is -0.140. The van der Waals surface area contributed by atoms with Crippen LogP contribution >= 0.6 is 0 Å². The van der Waals surface area contributed by atoms with Crippen molar-refractivity contribution in [2.45, 2.75) is 33.6 Å². The van der Waals surface area contributed by atoms with Crippen molar-refractivity contribution in [1.82, 2.24) is 15.5 Å². The number of aliphatic hydroxyl groups is 1. The van der Waals surface area contributed by atoms with Crippen molar-refractivity contribution in [3.63, 3.8) is 0 Å². The summed E-state index contributed by atoms with van der Waals surface area (Å²) in [6.07, 6.45) is 6.01. The van der Waals surface area contributed by atoms with Crippen LogP contribution in [0, 0.1) is 29.1 Å². The third-order valence-electron chi connectivity index (χ3n) is 6.39. The molecule has 1 saturated heterocycles. The van der Waals surface area contributed by atoms with Gasteiger partial charge in [-0.25, -0.2) is 0 Å². The second kappa shape index (κ2) is 8.00. The van der Waals surface area contributed by atoms with E-state index in [2.05, 4.69) is 27.8 Å². The summed E-state index contributed by atoms with van der Waals surface area (Å²) in [5.74, 6) is 0.853. The lowest BCUT2D eigenvalue weighted by Crippen LogP contribution is -2.44. The van der Waals surface area contributed by atoms with Gasteiger partial charge in [-0.1, -0.05) is 26.0 Å². The summed E-state index contributed by atoms with van der Waals surface area (Å²) in [7, 11) is 0. The first-order valence-corrected chi connectivity index (χ1v) is 10.1. The lowest BCUT2D eigenvalue weighted by Gasteiger charge is -2.24. The quantitative estimate of drug-likeness (QED) is 0.252. The molecule has 2 amide bonds.